The van der Waals surface area contributed by atoms with Gasteiger partial charge in [-0.05, 0) is 29.8 Å². The van der Waals surface area contributed by atoms with Gasteiger partial charge in [-0.2, -0.15) is 0 Å². The molecule has 0 unspecified atom stereocenters. The van der Waals surface area contributed by atoms with Crippen molar-refractivity contribution in [1.82, 2.24) is 0 Å². The van der Waals surface area contributed by atoms with Gasteiger partial charge >= 0.3 is 0 Å². The zero-order valence-electron chi connectivity index (χ0n) is 9.60. The Labute approximate surface area is 102 Å². The van der Waals surface area contributed by atoms with Crippen LogP contribution in [0.4, 0.5) is 24.5 Å². The van der Waals surface area contributed by atoms with E-state index in [-0.39, 0.29) is 16.8 Å². The van der Waals surface area contributed by atoms with Crippen molar-refractivity contribution < 1.29 is 13.2 Å². The summed E-state index contributed by atoms with van der Waals surface area (Å²) in [6.07, 6.45) is 0. The van der Waals surface area contributed by atoms with Gasteiger partial charge in [-0.15, -0.1) is 0 Å². The third-order valence-corrected chi connectivity index (χ3v) is 2.64. The van der Waals surface area contributed by atoms with E-state index in [4.69, 9.17) is 5.73 Å². The molecular weight excluding hydrogens is 241 g/mol. The minimum Gasteiger partial charge on any atom is -0.397 e. The maximum absolute atomic E-state index is 13.8. The lowest BCUT2D eigenvalue weighted by Gasteiger charge is -2.10. The number of anilines is 2. The predicted molar refractivity (Wildman–Crippen MR) is 65.7 cm³/mol. The minimum absolute atomic E-state index is 0.160. The average molecular weight is 252 g/mol. The molecule has 0 aliphatic carbocycles. The molecule has 0 spiro atoms. The number of hydrogen-bond acceptors (Lipinski definition) is 2. The van der Waals surface area contributed by atoms with Crippen molar-refractivity contribution in [2.75, 3.05) is 18.1 Å². The summed E-state index contributed by atoms with van der Waals surface area (Å²) in [5.41, 5.74) is 6.78. The number of benzene rings is 2. The van der Waals surface area contributed by atoms with Gasteiger partial charge in [-0.25, -0.2) is 13.2 Å². The van der Waals surface area contributed by atoms with Gasteiger partial charge < -0.3 is 11.1 Å². The third kappa shape index (κ3) is 2.11. The molecule has 0 bridgehead atoms. The van der Waals surface area contributed by atoms with Crippen molar-refractivity contribution in [1.29, 1.82) is 0 Å². The molecule has 0 radical (unpaired) electrons. The lowest BCUT2D eigenvalue weighted by atomic mass is 10.0. The third-order valence-electron chi connectivity index (χ3n) is 2.64. The molecule has 0 heterocycles. The number of nitrogen functional groups attached to an aromatic ring is 1. The normalized spacial score (nSPS) is 10.4. The average Bonchev–Trinajstić information content (AvgIpc) is 2.33. The van der Waals surface area contributed by atoms with E-state index in [1.807, 2.05) is 0 Å². The second-order valence-electron chi connectivity index (χ2n) is 3.80. The number of nitrogens with one attached hydrogen (secondary N) is 1. The van der Waals surface area contributed by atoms with E-state index in [0.29, 0.717) is 5.69 Å². The highest BCUT2D eigenvalue weighted by atomic mass is 19.2. The first-order chi connectivity index (χ1) is 8.52. The SMILES string of the molecule is CNc1cc(-c2ccc(F)c(F)c2)c(F)cc1N. The molecule has 0 saturated heterocycles. The molecule has 18 heavy (non-hydrogen) atoms. The summed E-state index contributed by atoms with van der Waals surface area (Å²) in [5.74, 6) is -2.57. The van der Waals surface area contributed by atoms with Gasteiger partial charge in [-0.1, -0.05) is 6.07 Å². The van der Waals surface area contributed by atoms with E-state index < -0.39 is 17.5 Å². The van der Waals surface area contributed by atoms with E-state index in [9.17, 15) is 13.2 Å². The molecule has 94 valence electrons. The highest BCUT2D eigenvalue weighted by Gasteiger charge is 2.11. The molecule has 2 aromatic rings. The Hall–Kier alpha value is -2.17. The molecule has 0 aliphatic heterocycles. The molecule has 5 heteroatoms. The minimum atomic E-state index is -1.02. The number of nitrogens with two attached hydrogens (primary N) is 1. The highest BCUT2D eigenvalue weighted by molar-refractivity contribution is 5.76. The van der Waals surface area contributed by atoms with Crippen molar-refractivity contribution in [3.8, 4) is 11.1 Å². The van der Waals surface area contributed by atoms with E-state index in [1.54, 1.807) is 7.05 Å². The lowest BCUT2D eigenvalue weighted by Crippen LogP contribution is -1.98. The predicted octanol–water partition coefficient (Wildman–Crippen LogP) is 3.39. The highest BCUT2D eigenvalue weighted by Crippen LogP contribution is 2.30. The summed E-state index contributed by atoms with van der Waals surface area (Å²) < 4.78 is 39.7. The second-order valence-corrected chi connectivity index (χ2v) is 3.80. The zero-order valence-corrected chi connectivity index (χ0v) is 9.60. The van der Waals surface area contributed by atoms with Crippen LogP contribution < -0.4 is 11.1 Å². The largest absolute Gasteiger partial charge is 0.397 e. The van der Waals surface area contributed by atoms with Crippen LogP contribution >= 0.6 is 0 Å². The van der Waals surface area contributed by atoms with E-state index in [0.717, 1.165) is 18.2 Å². The summed E-state index contributed by atoms with van der Waals surface area (Å²) in [4.78, 5) is 0. The van der Waals surface area contributed by atoms with Gasteiger partial charge in [-0.3, -0.25) is 0 Å². The maximum Gasteiger partial charge on any atom is 0.159 e. The summed E-state index contributed by atoms with van der Waals surface area (Å²) in [6, 6.07) is 5.81. The summed E-state index contributed by atoms with van der Waals surface area (Å²) >= 11 is 0. The van der Waals surface area contributed by atoms with Crippen LogP contribution in [0.3, 0.4) is 0 Å². The molecule has 0 atom stereocenters. The molecule has 2 aromatic carbocycles. The van der Waals surface area contributed by atoms with Crippen LogP contribution in [0.15, 0.2) is 30.3 Å². The monoisotopic (exact) mass is 252 g/mol. The van der Waals surface area contributed by atoms with Gasteiger partial charge in [0.05, 0.1) is 11.4 Å². The maximum atomic E-state index is 13.8. The lowest BCUT2D eigenvalue weighted by molar-refractivity contribution is 0.509. The fourth-order valence-electron chi connectivity index (χ4n) is 1.69. The van der Waals surface area contributed by atoms with Crippen LogP contribution in [0.2, 0.25) is 0 Å². The summed E-state index contributed by atoms with van der Waals surface area (Å²) in [6.45, 7) is 0. The van der Waals surface area contributed by atoms with Crippen LogP contribution in [0.5, 0.6) is 0 Å². The zero-order chi connectivity index (χ0) is 13.3. The topological polar surface area (TPSA) is 38.0 Å². The molecule has 0 aromatic heterocycles. The van der Waals surface area contributed by atoms with Crippen LogP contribution in [0.25, 0.3) is 11.1 Å². The Morgan fingerprint density at radius 3 is 2.28 bits per heavy atom. The molecule has 0 saturated carbocycles. The Balaban J connectivity index is 2.59. The Bertz CT molecular complexity index is 597. The second kappa shape index (κ2) is 4.60. The van der Waals surface area contributed by atoms with Crippen molar-refractivity contribution >= 4 is 11.4 Å². The van der Waals surface area contributed by atoms with Crippen molar-refractivity contribution in [3.63, 3.8) is 0 Å². The van der Waals surface area contributed by atoms with E-state index >= 15 is 0 Å². The molecular formula is C13H11F3N2. The smallest absolute Gasteiger partial charge is 0.159 e. The van der Waals surface area contributed by atoms with Crippen LogP contribution in [0, 0.1) is 17.5 Å². The van der Waals surface area contributed by atoms with Gasteiger partial charge in [0.15, 0.2) is 11.6 Å². The van der Waals surface area contributed by atoms with Crippen molar-refractivity contribution in [2.45, 2.75) is 0 Å². The molecule has 0 fully saturated rings. The van der Waals surface area contributed by atoms with Crippen LogP contribution in [-0.2, 0) is 0 Å². The fraction of sp³-hybridized carbons (Fsp3) is 0.0769. The first kappa shape index (κ1) is 12.3. The molecule has 3 N–H and O–H groups in total. The van der Waals surface area contributed by atoms with Crippen LogP contribution in [0.1, 0.15) is 0 Å². The van der Waals surface area contributed by atoms with Gasteiger partial charge in [0.1, 0.15) is 5.82 Å². The number of rotatable bonds is 2. The summed E-state index contributed by atoms with van der Waals surface area (Å²) in [5, 5.41) is 2.80. The first-order valence-corrected chi connectivity index (χ1v) is 5.25. The van der Waals surface area contributed by atoms with Gasteiger partial charge in [0.25, 0.3) is 0 Å². The number of halogens is 3. The standard InChI is InChI=1S/C13H11F3N2/c1-18-13-5-8(10(15)6-12(13)17)7-2-3-9(14)11(16)4-7/h2-6,18H,17H2,1H3. The Kier molecular flexibility index (Phi) is 3.14. The Morgan fingerprint density at radius 1 is 0.944 bits per heavy atom. The molecule has 2 rings (SSSR count). The van der Waals surface area contributed by atoms with Gasteiger partial charge in [0.2, 0.25) is 0 Å². The first-order valence-electron chi connectivity index (χ1n) is 5.25. The molecule has 0 aliphatic rings. The summed E-state index contributed by atoms with van der Waals surface area (Å²) in [7, 11) is 1.64. The van der Waals surface area contributed by atoms with E-state index in [1.165, 1.54) is 12.1 Å². The number of hydrogen-bond donors (Lipinski definition) is 2. The molecule has 2 nitrogen and oxygen atoms in total. The van der Waals surface area contributed by atoms with Crippen LogP contribution in [-0.4, -0.2) is 7.05 Å². The van der Waals surface area contributed by atoms with Crippen molar-refractivity contribution in [3.05, 3.63) is 47.8 Å². The Morgan fingerprint density at radius 2 is 1.67 bits per heavy atom. The fourth-order valence-corrected chi connectivity index (χ4v) is 1.69. The quantitative estimate of drug-likeness (QED) is 0.804. The van der Waals surface area contributed by atoms with Gasteiger partial charge in [0, 0.05) is 12.6 Å². The van der Waals surface area contributed by atoms with Crippen molar-refractivity contribution in [2.24, 2.45) is 0 Å². The van der Waals surface area contributed by atoms with E-state index in [2.05, 4.69) is 5.32 Å². The molecule has 0 amide bonds.